The van der Waals surface area contributed by atoms with Gasteiger partial charge in [0.15, 0.2) is 0 Å². The lowest BCUT2D eigenvalue weighted by molar-refractivity contribution is 0.0628. The number of rotatable bonds is 6. The number of ether oxygens (including phenoxy) is 1. The van der Waals surface area contributed by atoms with Gasteiger partial charge >= 0.3 is 0 Å². The largest absolute Gasteiger partial charge is 0.494 e. The number of nitrogens with two attached hydrogens (primary N) is 1. The SMILES string of the molecule is CCOc1ccc(CN2CCN(C(=O)c3ccc(C(N)=O)cc3)CC2)cc1. The summed E-state index contributed by atoms with van der Waals surface area (Å²) in [5.74, 6) is 0.391. The van der Waals surface area contributed by atoms with Crippen molar-refractivity contribution in [2.24, 2.45) is 5.73 Å². The molecular weight excluding hydrogens is 342 g/mol. The molecule has 0 aliphatic carbocycles. The molecule has 0 bridgehead atoms. The molecule has 0 atom stereocenters. The Kier molecular flexibility index (Phi) is 6.08. The van der Waals surface area contributed by atoms with Crippen molar-refractivity contribution >= 4 is 11.8 Å². The predicted octanol–water partition coefficient (Wildman–Crippen LogP) is 2.14. The Morgan fingerprint density at radius 1 is 0.926 bits per heavy atom. The van der Waals surface area contributed by atoms with Crippen LogP contribution in [0.2, 0.25) is 0 Å². The first kappa shape index (κ1) is 18.9. The maximum atomic E-state index is 12.6. The van der Waals surface area contributed by atoms with Gasteiger partial charge in [-0.2, -0.15) is 0 Å². The van der Waals surface area contributed by atoms with E-state index in [1.165, 1.54) is 5.56 Å². The first-order chi connectivity index (χ1) is 13.1. The van der Waals surface area contributed by atoms with E-state index in [-0.39, 0.29) is 5.91 Å². The summed E-state index contributed by atoms with van der Waals surface area (Å²) in [5.41, 5.74) is 7.47. The van der Waals surface area contributed by atoms with Crippen LogP contribution in [0.3, 0.4) is 0 Å². The van der Waals surface area contributed by atoms with Crippen LogP contribution >= 0.6 is 0 Å². The van der Waals surface area contributed by atoms with Gasteiger partial charge in [0.2, 0.25) is 5.91 Å². The van der Waals surface area contributed by atoms with Gasteiger partial charge < -0.3 is 15.4 Å². The summed E-state index contributed by atoms with van der Waals surface area (Å²) in [6, 6.07) is 14.7. The van der Waals surface area contributed by atoms with Crippen molar-refractivity contribution < 1.29 is 14.3 Å². The van der Waals surface area contributed by atoms with Crippen molar-refractivity contribution in [2.75, 3.05) is 32.8 Å². The Bertz CT molecular complexity index is 779. The van der Waals surface area contributed by atoms with Crippen LogP contribution < -0.4 is 10.5 Å². The van der Waals surface area contributed by atoms with Gasteiger partial charge in [-0.05, 0) is 48.9 Å². The van der Waals surface area contributed by atoms with Gasteiger partial charge in [-0.3, -0.25) is 14.5 Å². The number of carbonyl (C=O) groups excluding carboxylic acids is 2. The number of amides is 2. The van der Waals surface area contributed by atoms with Crippen LogP contribution in [0.1, 0.15) is 33.2 Å². The van der Waals surface area contributed by atoms with E-state index in [4.69, 9.17) is 10.5 Å². The van der Waals surface area contributed by atoms with Gasteiger partial charge in [0.05, 0.1) is 6.61 Å². The molecule has 0 unspecified atom stereocenters. The third-order valence-electron chi connectivity index (χ3n) is 4.72. The third-order valence-corrected chi connectivity index (χ3v) is 4.72. The molecule has 2 N–H and O–H groups in total. The number of primary amides is 1. The second-order valence-corrected chi connectivity index (χ2v) is 6.59. The number of piperazine rings is 1. The van der Waals surface area contributed by atoms with Crippen LogP contribution in [0.15, 0.2) is 48.5 Å². The Morgan fingerprint density at radius 2 is 1.52 bits per heavy atom. The Morgan fingerprint density at radius 3 is 2.07 bits per heavy atom. The molecule has 0 spiro atoms. The average Bonchev–Trinajstić information content (AvgIpc) is 2.70. The molecule has 2 aromatic rings. The Labute approximate surface area is 159 Å². The highest BCUT2D eigenvalue weighted by atomic mass is 16.5. The molecule has 2 aromatic carbocycles. The van der Waals surface area contributed by atoms with E-state index >= 15 is 0 Å². The fourth-order valence-electron chi connectivity index (χ4n) is 3.18. The van der Waals surface area contributed by atoms with Gasteiger partial charge in [0.25, 0.3) is 5.91 Å². The second kappa shape index (κ2) is 8.68. The normalized spacial score (nSPS) is 14.8. The van der Waals surface area contributed by atoms with E-state index in [1.807, 2.05) is 24.0 Å². The highest BCUT2D eigenvalue weighted by Gasteiger charge is 2.22. The highest BCUT2D eigenvalue weighted by molar-refractivity contribution is 5.97. The van der Waals surface area contributed by atoms with E-state index in [9.17, 15) is 9.59 Å². The molecule has 142 valence electrons. The molecule has 6 heteroatoms. The summed E-state index contributed by atoms with van der Waals surface area (Å²) in [6.45, 7) is 6.54. The smallest absolute Gasteiger partial charge is 0.253 e. The molecule has 1 heterocycles. The highest BCUT2D eigenvalue weighted by Crippen LogP contribution is 2.16. The number of hydrogen-bond acceptors (Lipinski definition) is 4. The lowest BCUT2D eigenvalue weighted by atomic mass is 10.1. The van der Waals surface area contributed by atoms with Crippen LogP contribution in [-0.4, -0.2) is 54.4 Å². The van der Waals surface area contributed by atoms with Crippen LogP contribution in [-0.2, 0) is 6.54 Å². The van der Waals surface area contributed by atoms with E-state index in [1.54, 1.807) is 24.3 Å². The van der Waals surface area contributed by atoms with Crippen molar-refractivity contribution in [3.05, 3.63) is 65.2 Å². The van der Waals surface area contributed by atoms with Crippen molar-refractivity contribution in [2.45, 2.75) is 13.5 Å². The first-order valence-corrected chi connectivity index (χ1v) is 9.20. The molecule has 1 fully saturated rings. The molecule has 1 aliphatic rings. The third kappa shape index (κ3) is 4.86. The van der Waals surface area contributed by atoms with Gasteiger partial charge in [-0.25, -0.2) is 0 Å². The standard InChI is InChI=1S/C21H25N3O3/c1-2-27-19-9-3-16(4-10-19)15-23-11-13-24(14-12-23)21(26)18-7-5-17(6-8-18)20(22)25/h3-10H,2,11-15H2,1H3,(H2,22,25). The fourth-order valence-corrected chi connectivity index (χ4v) is 3.18. The molecular formula is C21H25N3O3. The molecule has 1 saturated heterocycles. The average molecular weight is 367 g/mol. The quantitative estimate of drug-likeness (QED) is 0.849. The molecule has 1 aliphatic heterocycles. The lowest BCUT2D eigenvalue weighted by Crippen LogP contribution is -2.48. The maximum absolute atomic E-state index is 12.6. The maximum Gasteiger partial charge on any atom is 0.253 e. The van der Waals surface area contributed by atoms with Crippen molar-refractivity contribution in [1.82, 2.24) is 9.80 Å². The molecule has 0 saturated carbocycles. The van der Waals surface area contributed by atoms with Gasteiger partial charge in [0, 0.05) is 43.9 Å². The minimum Gasteiger partial charge on any atom is -0.494 e. The van der Waals surface area contributed by atoms with Crippen molar-refractivity contribution in [3.8, 4) is 5.75 Å². The van der Waals surface area contributed by atoms with Crippen LogP contribution in [0.5, 0.6) is 5.75 Å². The molecule has 3 rings (SSSR count). The zero-order chi connectivity index (χ0) is 19.2. The zero-order valence-corrected chi connectivity index (χ0v) is 15.6. The van der Waals surface area contributed by atoms with Gasteiger partial charge in [-0.15, -0.1) is 0 Å². The lowest BCUT2D eigenvalue weighted by Gasteiger charge is -2.34. The minimum atomic E-state index is -0.489. The van der Waals surface area contributed by atoms with Crippen LogP contribution in [0.4, 0.5) is 0 Å². The summed E-state index contributed by atoms with van der Waals surface area (Å²) in [4.78, 5) is 28.0. The number of nitrogens with zero attached hydrogens (tertiary/aromatic N) is 2. The number of benzene rings is 2. The van der Waals surface area contributed by atoms with Gasteiger partial charge in [0.1, 0.15) is 5.75 Å². The topological polar surface area (TPSA) is 75.9 Å². The van der Waals surface area contributed by atoms with E-state index in [0.717, 1.165) is 25.4 Å². The van der Waals surface area contributed by atoms with Crippen LogP contribution in [0.25, 0.3) is 0 Å². The monoisotopic (exact) mass is 367 g/mol. The molecule has 2 amide bonds. The zero-order valence-electron chi connectivity index (χ0n) is 15.6. The summed E-state index contributed by atoms with van der Waals surface area (Å²) in [7, 11) is 0. The number of carbonyl (C=O) groups is 2. The summed E-state index contributed by atoms with van der Waals surface area (Å²) in [5, 5.41) is 0. The minimum absolute atomic E-state index is 0.00765. The Balaban J connectivity index is 1.52. The molecule has 27 heavy (non-hydrogen) atoms. The van der Waals surface area contributed by atoms with Gasteiger partial charge in [-0.1, -0.05) is 12.1 Å². The van der Waals surface area contributed by atoms with E-state index < -0.39 is 5.91 Å². The molecule has 0 radical (unpaired) electrons. The summed E-state index contributed by atoms with van der Waals surface area (Å²) >= 11 is 0. The summed E-state index contributed by atoms with van der Waals surface area (Å²) in [6.07, 6.45) is 0. The van der Waals surface area contributed by atoms with Crippen molar-refractivity contribution in [3.63, 3.8) is 0 Å². The second-order valence-electron chi connectivity index (χ2n) is 6.59. The number of hydrogen-bond donors (Lipinski definition) is 1. The Hall–Kier alpha value is -2.86. The van der Waals surface area contributed by atoms with Crippen LogP contribution in [0, 0.1) is 0 Å². The summed E-state index contributed by atoms with van der Waals surface area (Å²) < 4.78 is 5.47. The first-order valence-electron chi connectivity index (χ1n) is 9.20. The van der Waals surface area contributed by atoms with E-state index in [0.29, 0.717) is 30.8 Å². The fraction of sp³-hybridized carbons (Fsp3) is 0.333. The predicted molar refractivity (Wildman–Crippen MR) is 104 cm³/mol. The molecule has 0 aromatic heterocycles. The van der Waals surface area contributed by atoms with E-state index in [2.05, 4.69) is 17.0 Å². The van der Waals surface area contributed by atoms with Crippen molar-refractivity contribution in [1.29, 1.82) is 0 Å². The molecule has 6 nitrogen and oxygen atoms in total.